The van der Waals surface area contributed by atoms with Crippen LogP contribution in [0.5, 0.6) is 0 Å². The van der Waals surface area contributed by atoms with Crippen LogP contribution < -0.4 is 5.32 Å². The number of aliphatic hydroxyl groups excluding tert-OH is 2. The molecular formula is C71H141NO5. The van der Waals surface area contributed by atoms with E-state index in [1.165, 1.54) is 347 Å². The summed E-state index contributed by atoms with van der Waals surface area (Å²) in [7, 11) is 0. The summed E-state index contributed by atoms with van der Waals surface area (Å²) in [5.74, 6) is -0.00337. The van der Waals surface area contributed by atoms with Crippen molar-refractivity contribution in [3.63, 3.8) is 0 Å². The Morgan fingerprint density at radius 2 is 0.532 bits per heavy atom. The van der Waals surface area contributed by atoms with Crippen LogP contribution in [0, 0.1) is 0 Å². The van der Waals surface area contributed by atoms with Gasteiger partial charge in [-0.25, -0.2) is 0 Å². The lowest BCUT2D eigenvalue weighted by atomic mass is 10.0. The van der Waals surface area contributed by atoms with E-state index in [1.807, 2.05) is 0 Å². The molecule has 0 aromatic rings. The second-order valence-electron chi connectivity index (χ2n) is 24.9. The van der Waals surface area contributed by atoms with Gasteiger partial charge in [0.25, 0.3) is 0 Å². The van der Waals surface area contributed by atoms with E-state index in [2.05, 4.69) is 19.2 Å². The van der Waals surface area contributed by atoms with Crippen molar-refractivity contribution in [1.29, 1.82) is 0 Å². The molecule has 6 nitrogen and oxygen atoms in total. The number of nitrogens with one attached hydrogen (secondary N) is 1. The zero-order valence-electron chi connectivity index (χ0n) is 52.7. The van der Waals surface area contributed by atoms with Crippen LogP contribution >= 0.6 is 0 Å². The number of ether oxygens (including phenoxy) is 1. The normalized spacial score (nSPS) is 12.4. The van der Waals surface area contributed by atoms with Gasteiger partial charge >= 0.3 is 5.97 Å². The van der Waals surface area contributed by atoms with Crippen LogP contribution in [0.3, 0.4) is 0 Å². The van der Waals surface area contributed by atoms with Gasteiger partial charge < -0.3 is 20.3 Å². The van der Waals surface area contributed by atoms with Gasteiger partial charge in [-0.05, 0) is 25.7 Å². The summed E-state index contributed by atoms with van der Waals surface area (Å²) in [5.41, 5.74) is 0. The van der Waals surface area contributed by atoms with Gasteiger partial charge in [0.2, 0.25) is 5.91 Å². The Morgan fingerprint density at radius 3 is 0.792 bits per heavy atom. The van der Waals surface area contributed by atoms with Gasteiger partial charge in [-0.3, -0.25) is 9.59 Å². The summed E-state index contributed by atoms with van der Waals surface area (Å²) in [6.07, 6.45) is 81.6. The van der Waals surface area contributed by atoms with E-state index in [1.54, 1.807) is 0 Å². The highest BCUT2D eigenvalue weighted by molar-refractivity contribution is 5.76. The van der Waals surface area contributed by atoms with Crippen LogP contribution in [0.4, 0.5) is 0 Å². The predicted octanol–water partition coefficient (Wildman–Crippen LogP) is 23.0. The van der Waals surface area contributed by atoms with Crippen LogP contribution in [0.15, 0.2) is 0 Å². The maximum absolute atomic E-state index is 12.5. The van der Waals surface area contributed by atoms with Crippen LogP contribution in [-0.2, 0) is 14.3 Å². The lowest BCUT2D eigenvalue weighted by Crippen LogP contribution is -2.45. The Morgan fingerprint density at radius 1 is 0.312 bits per heavy atom. The fourth-order valence-electron chi connectivity index (χ4n) is 11.7. The summed E-state index contributed by atoms with van der Waals surface area (Å²) >= 11 is 0. The number of aliphatic hydroxyl groups is 2. The third-order valence-electron chi connectivity index (χ3n) is 17.2. The molecule has 2 atom stereocenters. The zero-order chi connectivity index (χ0) is 55.7. The standard InChI is InChI=1S/C71H141NO5/c1-3-5-7-9-11-13-15-17-19-37-41-45-49-53-57-61-65-71(76)77-66-62-58-54-50-46-42-38-34-32-30-28-26-24-22-20-21-23-25-27-29-31-33-36-40-44-48-52-56-60-64-70(75)72-68(67-73)69(74)63-59-55-51-47-43-39-35-18-16-14-12-10-8-6-4-2/h68-69,73-74H,3-67H2,1-2H3,(H,72,75). The van der Waals surface area contributed by atoms with Crippen molar-refractivity contribution < 1.29 is 24.5 Å². The quantitative estimate of drug-likeness (QED) is 0.0417. The molecule has 0 aliphatic heterocycles. The lowest BCUT2D eigenvalue weighted by Gasteiger charge is -2.22. The Balaban J connectivity index is 3.31. The van der Waals surface area contributed by atoms with Crippen molar-refractivity contribution in [3.05, 3.63) is 0 Å². The van der Waals surface area contributed by atoms with Gasteiger partial charge in [0.15, 0.2) is 0 Å². The molecule has 3 N–H and O–H groups in total. The second-order valence-corrected chi connectivity index (χ2v) is 24.9. The van der Waals surface area contributed by atoms with Crippen LogP contribution in [0.25, 0.3) is 0 Å². The number of unbranched alkanes of at least 4 members (excludes halogenated alkanes) is 57. The molecule has 77 heavy (non-hydrogen) atoms. The molecule has 0 heterocycles. The highest BCUT2D eigenvalue weighted by atomic mass is 16.5. The Hall–Kier alpha value is -1.14. The predicted molar refractivity (Wildman–Crippen MR) is 338 cm³/mol. The van der Waals surface area contributed by atoms with Crippen molar-refractivity contribution in [3.8, 4) is 0 Å². The molecule has 0 aliphatic carbocycles. The zero-order valence-corrected chi connectivity index (χ0v) is 52.7. The average molecular weight is 1090 g/mol. The largest absolute Gasteiger partial charge is 0.466 e. The Bertz CT molecular complexity index is 1120. The van der Waals surface area contributed by atoms with Crippen molar-refractivity contribution >= 4 is 11.9 Å². The SMILES string of the molecule is CCCCCCCCCCCCCCCCCCC(=O)OCCCCCCCCCCCCCCCCCCCCCCCCCCCCCCCC(=O)NC(CO)C(O)CCCCCCCCCCCCCCCCC. The summed E-state index contributed by atoms with van der Waals surface area (Å²) < 4.78 is 5.51. The molecule has 0 fully saturated rings. The van der Waals surface area contributed by atoms with Gasteiger partial charge in [0, 0.05) is 12.8 Å². The first kappa shape index (κ1) is 75.9. The first-order chi connectivity index (χ1) is 38.0. The number of carbonyl (C=O) groups excluding carboxylic acids is 2. The maximum Gasteiger partial charge on any atom is 0.305 e. The van der Waals surface area contributed by atoms with Crippen LogP contribution in [0.1, 0.15) is 418 Å². The van der Waals surface area contributed by atoms with E-state index in [9.17, 15) is 19.8 Å². The van der Waals surface area contributed by atoms with E-state index in [0.717, 1.165) is 38.5 Å². The fourth-order valence-corrected chi connectivity index (χ4v) is 11.7. The number of rotatable bonds is 68. The summed E-state index contributed by atoms with van der Waals surface area (Å²) in [6, 6.07) is -0.537. The van der Waals surface area contributed by atoms with Gasteiger partial charge in [-0.1, -0.05) is 380 Å². The van der Waals surface area contributed by atoms with Crippen molar-refractivity contribution in [2.45, 2.75) is 431 Å². The smallest absolute Gasteiger partial charge is 0.305 e. The van der Waals surface area contributed by atoms with E-state index < -0.39 is 12.1 Å². The van der Waals surface area contributed by atoms with Gasteiger partial charge in [0.05, 0.1) is 25.4 Å². The number of hydrogen-bond donors (Lipinski definition) is 3. The summed E-state index contributed by atoms with van der Waals surface area (Å²) in [4.78, 5) is 24.6. The number of esters is 1. The first-order valence-electron chi connectivity index (χ1n) is 35.8. The van der Waals surface area contributed by atoms with Crippen molar-refractivity contribution in [1.82, 2.24) is 5.32 Å². The molecule has 1 amide bonds. The molecule has 0 aromatic heterocycles. The second kappa shape index (κ2) is 67.4. The minimum Gasteiger partial charge on any atom is -0.466 e. The first-order valence-corrected chi connectivity index (χ1v) is 35.8. The molecule has 2 unspecified atom stereocenters. The number of amides is 1. The molecule has 0 saturated heterocycles. The van der Waals surface area contributed by atoms with Crippen molar-refractivity contribution in [2.75, 3.05) is 13.2 Å². The monoisotopic (exact) mass is 1090 g/mol. The van der Waals surface area contributed by atoms with E-state index >= 15 is 0 Å². The van der Waals surface area contributed by atoms with Gasteiger partial charge in [-0.2, -0.15) is 0 Å². The molecule has 0 rings (SSSR count). The molecule has 0 spiro atoms. The highest BCUT2D eigenvalue weighted by Crippen LogP contribution is 2.20. The molecular weight excluding hydrogens is 947 g/mol. The molecule has 0 aromatic carbocycles. The molecule has 0 aliphatic rings. The molecule has 0 saturated carbocycles. The van der Waals surface area contributed by atoms with Crippen LogP contribution in [0.2, 0.25) is 0 Å². The van der Waals surface area contributed by atoms with E-state index in [0.29, 0.717) is 25.9 Å². The molecule has 0 bridgehead atoms. The Labute approximate surface area is 483 Å². The molecule has 0 radical (unpaired) electrons. The van der Waals surface area contributed by atoms with E-state index in [-0.39, 0.29) is 18.5 Å². The topological polar surface area (TPSA) is 95.9 Å². The van der Waals surface area contributed by atoms with Crippen molar-refractivity contribution in [2.24, 2.45) is 0 Å². The minimum atomic E-state index is -0.660. The third-order valence-corrected chi connectivity index (χ3v) is 17.2. The van der Waals surface area contributed by atoms with Gasteiger partial charge in [-0.15, -0.1) is 0 Å². The fraction of sp³-hybridized carbons (Fsp3) is 0.972. The highest BCUT2D eigenvalue weighted by Gasteiger charge is 2.20. The lowest BCUT2D eigenvalue weighted by molar-refractivity contribution is -0.143. The number of carbonyl (C=O) groups is 2. The van der Waals surface area contributed by atoms with Crippen LogP contribution in [-0.4, -0.2) is 47.4 Å². The Kier molecular flexibility index (Phi) is 66.4. The maximum atomic E-state index is 12.5. The third kappa shape index (κ3) is 63.9. The summed E-state index contributed by atoms with van der Waals surface area (Å²) in [6.45, 7) is 5.00. The average Bonchev–Trinajstić information content (AvgIpc) is 3.43. The van der Waals surface area contributed by atoms with Gasteiger partial charge in [0.1, 0.15) is 0 Å². The summed E-state index contributed by atoms with van der Waals surface area (Å²) in [5, 5.41) is 23.3. The molecule has 460 valence electrons. The molecule has 6 heteroatoms. The number of hydrogen-bond acceptors (Lipinski definition) is 5. The van der Waals surface area contributed by atoms with E-state index in [4.69, 9.17) is 4.74 Å². The minimum absolute atomic E-state index is 0.0242.